The van der Waals surface area contributed by atoms with Crippen LogP contribution in [0.1, 0.15) is 43.3 Å². The Morgan fingerprint density at radius 3 is 2.62 bits per heavy atom. The third kappa shape index (κ3) is 3.26. The van der Waals surface area contributed by atoms with Gasteiger partial charge in [-0.1, -0.05) is 5.16 Å². The summed E-state index contributed by atoms with van der Waals surface area (Å²) in [5.41, 5.74) is 0. The zero-order valence-electron chi connectivity index (χ0n) is 12.9. The van der Waals surface area contributed by atoms with Gasteiger partial charge in [-0.15, -0.1) is 0 Å². The maximum atomic E-state index is 12.6. The molecule has 0 bridgehead atoms. The van der Waals surface area contributed by atoms with Crippen LogP contribution in [0, 0.1) is 12.8 Å². The lowest BCUT2D eigenvalue weighted by molar-refractivity contribution is -0.138. The van der Waals surface area contributed by atoms with Crippen molar-refractivity contribution in [3.8, 4) is 0 Å². The molecule has 0 N–H and O–H groups in total. The molecule has 1 atom stereocenters. The predicted octanol–water partition coefficient (Wildman–Crippen LogP) is 1.43. The molecule has 3 heterocycles. The molecule has 2 fully saturated rings. The Morgan fingerprint density at radius 2 is 2.00 bits per heavy atom. The van der Waals surface area contributed by atoms with E-state index in [4.69, 9.17) is 4.52 Å². The quantitative estimate of drug-likeness (QED) is 0.825. The molecular weight excluding hydrogens is 268 g/mol. The van der Waals surface area contributed by atoms with E-state index in [1.165, 1.54) is 0 Å². The average Bonchev–Trinajstić information content (AvgIpc) is 2.93. The maximum Gasteiger partial charge on any atom is 0.229 e. The molecule has 1 aromatic rings. The van der Waals surface area contributed by atoms with E-state index >= 15 is 0 Å². The van der Waals surface area contributed by atoms with Gasteiger partial charge >= 0.3 is 0 Å². The summed E-state index contributed by atoms with van der Waals surface area (Å²) in [4.78, 5) is 21.2. The third-order valence-electron chi connectivity index (χ3n) is 4.67. The minimum absolute atomic E-state index is 0.186. The fourth-order valence-electron chi connectivity index (χ4n) is 3.45. The summed E-state index contributed by atoms with van der Waals surface area (Å²) in [5, 5.41) is 3.86. The second-order valence-corrected chi connectivity index (χ2v) is 6.38. The van der Waals surface area contributed by atoms with Crippen LogP contribution in [0.25, 0.3) is 0 Å². The van der Waals surface area contributed by atoms with Crippen molar-refractivity contribution in [2.75, 3.05) is 33.2 Å². The molecule has 21 heavy (non-hydrogen) atoms. The molecule has 1 aromatic heterocycles. The molecule has 2 saturated heterocycles. The molecule has 6 nitrogen and oxygen atoms in total. The molecule has 0 saturated carbocycles. The lowest BCUT2D eigenvalue weighted by Gasteiger charge is -2.36. The van der Waals surface area contributed by atoms with E-state index in [2.05, 4.69) is 22.1 Å². The number of aromatic nitrogens is 2. The number of piperidine rings is 2. The Kier molecular flexibility index (Phi) is 4.24. The predicted molar refractivity (Wildman–Crippen MR) is 77.8 cm³/mol. The number of amides is 1. The third-order valence-corrected chi connectivity index (χ3v) is 4.67. The van der Waals surface area contributed by atoms with Crippen LogP contribution in [0.5, 0.6) is 0 Å². The van der Waals surface area contributed by atoms with Gasteiger partial charge in [0, 0.05) is 25.6 Å². The molecular formula is C15H24N4O2. The van der Waals surface area contributed by atoms with Crippen LogP contribution in [-0.4, -0.2) is 59.1 Å². The molecule has 1 amide bonds. The zero-order chi connectivity index (χ0) is 14.8. The monoisotopic (exact) mass is 292 g/mol. The average molecular weight is 292 g/mol. The van der Waals surface area contributed by atoms with Gasteiger partial charge in [-0.05, 0) is 46.2 Å². The Morgan fingerprint density at radius 1 is 1.24 bits per heavy atom. The Hall–Kier alpha value is -1.43. The lowest BCUT2D eigenvalue weighted by atomic mass is 9.93. The summed E-state index contributed by atoms with van der Waals surface area (Å²) in [6, 6.07) is 0. The first-order valence-corrected chi connectivity index (χ1v) is 7.91. The first kappa shape index (κ1) is 14.5. The number of carbonyl (C=O) groups excluding carboxylic acids is 1. The molecule has 3 rings (SSSR count). The summed E-state index contributed by atoms with van der Waals surface area (Å²) in [6.45, 7) is 5.48. The number of hydrogen-bond donors (Lipinski definition) is 0. The summed E-state index contributed by atoms with van der Waals surface area (Å²) >= 11 is 0. The van der Waals surface area contributed by atoms with Crippen molar-refractivity contribution in [2.45, 2.75) is 38.5 Å². The Labute approximate surface area is 125 Å². The van der Waals surface area contributed by atoms with E-state index in [-0.39, 0.29) is 5.92 Å². The topological polar surface area (TPSA) is 62.5 Å². The summed E-state index contributed by atoms with van der Waals surface area (Å²) < 4.78 is 5.26. The number of rotatable bonds is 2. The largest absolute Gasteiger partial charge is 0.342 e. The molecule has 6 heteroatoms. The molecule has 0 radical (unpaired) electrons. The van der Waals surface area contributed by atoms with Crippen molar-refractivity contribution in [3.05, 3.63) is 11.7 Å². The minimum atomic E-state index is 0.186. The highest BCUT2D eigenvalue weighted by Crippen LogP contribution is 2.28. The highest BCUT2D eigenvalue weighted by molar-refractivity contribution is 5.79. The zero-order valence-corrected chi connectivity index (χ0v) is 12.9. The van der Waals surface area contributed by atoms with Gasteiger partial charge in [-0.2, -0.15) is 4.98 Å². The maximum absolute atomic E-state index is 12.6. The van der Waals surface area contributed by atoms with Crippen molar-refractivity contribution in [1.82, 2.24) is 19.9 Å². The van der Waals surface area contributed by atoms with Crippen molar-refractivity contribution < 1.29 is 9.32 Å². The molecule has 2 aliphatic heterocycles. The van der Waals surface area contributed by atoms with Gasteiger partial charge in [0.15, 0.2) is 5.82 Å². The summed E-state index contributed by atoms with van der Waals surface area (Å²) in [5.74, 6) is 2.25. The van der Waals surface area contributed by atoms with Crippen molar-refractivity contribution >= 4 is 5.91 Å². The van der Waals surface area contributed by atoms with E-state index in [1.807, 2.05) is 11.8 Å². The van der Waals surface area contributed by atoms with Crippen molar-refractivity contribution in [2.24, 2.45) is 5.92 Å². The van der Waals surface area contributed by atoms with E-state index in [0.717, 1.165) is 57.8 Å². The van der Waals surface area contributed by atoms with Gasteiger partial charge in [-0.25, -0.2) is 0 Å². The molecule has 2 aliphatic rings. The molecule has 0 aromatic carbocycles. The Bertz CT molecular complexity index is 494. The van der Waals surface area contributed by atoms with Gasteiger partial charge in [0.05, 0.1) is 5.92 Å². The van der Waals surface area contributed by atoms with Crippen LogP contribution in [0.4, 0.5) is 0 Å². The van der Waals surface area contributed by atoms with E-state index < -0.39 is 0 Å². The van der Waals surface area contributed by atoms with Crippen LogP contribution in [0.2, 0.25) is 0 Å². The van der Waals surface area contributed by atoms with Crippen LogP contribution in [-0.2, 0) is 4.79 Å². The molecule has 0 aliphatic carbocycles. The van der Waals surface area contributed by atoms with Crippen molar-refractivity contribution in [3.63, 3.8) is 0 Å². The fourth-order valence-corrected chi connectivity index (χ4v) is 3.45. The van der Waals surface area contributed by atoms with Crippen LogP contribution < -0.4 is 0 Å². The van der Waals surface area contributed by atoms with Gasteiger partial charge in [0.1, 0.15) is 0 Å². The highest BCUT2D eigenvalue weighted by Gasteiger charge is 2.32. The van der Waals surface area contributed by atoms with E-state index in [1.54, 1.807) is 0 Å². The summed E-state index contributed by atoms with van der Waals surface area (Å²) in [6.07, 6.45) is 4.02. The standard InChI is InChI=1S/C15H24N4O2/c1-11-16-14(21-17-11)12-5-8-19(9-6-12)15(20)13-4-3-7-18(2)10-13/h12-13H,3-10H2,1-2H3/t13-/m1/s1. The molecule has 116 valence electrons. The number of nitrogens with zero attached hydrogens (tertiary/aromatic N) is 4. The van der Waals surface area contributed by atoms with E-state index in [0.29, 0.717) is 17.6 Å². The first-order valence-electron chi connectivity index (χ1n) is 7.91. The normalized spacial score (nSPS) is 25.2. The number of hydrogen-bond acceptors (Lipinski definition) is 5. The van der Waals surface area contributed by atoms with Gasteiger partial charge in [0.25, 0.3) is 0 Å². The van der Waals surface area contributed by atoms with Gasteiger partial charge < -0.3 is 14.3 Å². The highest BCUT2D eigenvalue weighted by atomic mass is 16.5. The number of likely N-dealkylation sites (tertiary alicyclic amines) is 2. The summed E-state index contributed by atoms with van der Waals surface area (Å²) in [7, 11) is 2.10. The smallest absolute Gasteiger partial charge is 0.229 e. The molecule has 0 unspecified atom stereocenters. The van der Waals surface area contributed by atoms with Gasteiger partial charge in [0.2, 0.25) is 11.8 Å². The first-order chi connectivity index (χ1) is 10.1. The van der Waals surface area contributed by atoms with E-state index in [9.17, 15) is 4.79 Å². The van der Waals surface area contributed by atoms with Crippen LogP contribution >= 0.6 is 0 Å². The second-order valence-electron chi connectivity index (χ2n) is 6.38. The van der Waals surface area contributed by atoms with Crippen molar-refractivity contribution in [1.29, 1.82) is 0 Å². The number of carbonyl (C=O) groups is 1. The minimum Gasteiger partial charge on any atom is -0.342 e. The number of aryl methyl sites for hydroxylation is 1. The SMILES string of the molecule is Cc1noc(C2CCN(C(=O)[C@@H]3CCCN(C)C3)CC2)n1. The second kappa shape index (κ2) is 6.13. The fraction of sp³-hybridized carbons (Fsp3) is 0.800. The molecule has 0 spiro atoms. The van der Waals surface area contributed by atoms with Crippen LogP contribution in [0.15, 0.2) is 4.52 Å². The lowest BCUT2D eigenvalue weighted by Crippen LogP contribution is -2.46. The Balaban J connectivity index is 1.54. The van der Waals surface area contributed by atoms with Crippen LogP contribution in [0.3, 0.4) is 0 Å². The van der Waals surface area contributed by atoms with Gasteiger partial charge in [-0.3, -0.25) is 4.79 Å².